The number of amides is 2. The Morgan fingerprint density at radius 3 is 2.47 bits per heavy atom. The van der Waals surface area contributed by atoms with Crippen molar-refractivity contribution in [3.8, 4) is 17.0 Å². The molecular formula is C25H34F3N5O5. The Hall–Kier alpha value is -3.35. The zero-order valence-electron chi connectivity index (χ0n) is 22.4. The molecule has 1 N–H and O–H groups in total. The van der Waals surface area contributed by atoms with E-state index < -0.39 is 41.9 Å². The number of alkyl halides is 3. The number of nitrogens with one attached hydrogen (secondary N) is 1. The van der Waals surface area contributed by atoms with Gasteiger partial charge in [0.05, 0.1) is 24.9 Å². The number of hydrogen-bond donors (Lipinski definition) is 1. The Morgan fingerprint density at radius 1 is 1.13 bits per heavy atom. The van der Waals surface area contributed by atoms with Gasteiger partial charge in [0.1, 0.15) is 23.6 Å². The molecule has 1 aliphatic heterocycles. The van der Waals surface area contributed by atoms with Gasteiger partial charge in [-0.05, 0) is 40.7 Å². The summed E-state index contributed by atoms with van der Waals surface area (Å²) < 4.78 is 54.3. The van der Waals surface area contributed by atoms with Crippen LogP contribution >= 0.6 is 0 Å². The Balaban J connectivity index is 1.80. The van der Waals surface area contributed by atoms with Crippen molar-refractivity contribution in [2.24, 2.45) is 0 Å². The van der Waals surface area contributed by atoms with E-state index in [0.29, 0.717) is 29.3 Å². The summed E-state index contributed by atoms with van der Waals surface area (Å²) in [5.41, 5.74) is -0.251. The van der Waals surface area contributed by atoms with Crippen molar-refractivity contribution in [3.05, 3.63) is 30.3 Å². The van der Waals surface area contributed by atoms with E-state index in [4.69, 9.17) is 14.0 Å². The quantitative estimate of drug-likeness (QED) is 0.561. The molecule has 1 atom stereocenters. The molecule has 2 aromatic rings. The lowest BCUT2D eigenvalue weighted by molar-refractivity contribution is -0.139. The van der Waals surface area contributed by atoms with Gasteiger partial charge in [0, 0.05) is 43.9 Å². The highest BCUT2D eigenvalue weighted by molar-refractivity contribution is 5.78. The highest BCUT2D eigenvalue weighted by Crippen LogP contribution is 2.34. The molecule has 10 nitrogen and oxygen atoms in total. The maximum Gasteiger partial charge on any atom is 0.410 e. The summed E-state index contributed by atoms with van der Waals surface area (Å²) in [5, 5.41) is 6.06. The topological polar surface area (TPSA) is 110 Å². The molecule has 3 rings (SSSR count). The summed E-state index contributed by atoms with van der Waals surface area (Å²) in [6.45, 7) is 8.33. The van der Waals surface area contributed by atoms with Gasteiger partial charge in [-0.3, -0.25) is 14.7 Å². The molecule has 2 aromatic heterocycles. The maximum absolute atomic E-state index is 12.9. The molecule has 0 spiro atoms. The minimum atomic E-state index is -4.54. The van der Waals surface area contributed by atoms with Gasteiger partial charge < -0.3 is 24.2 Å². The molecule has 0 bridgehead atoms. The van der Waals surface area contributed by atoms with Crippen LogP contribution in [0.2, 0.25) is 0 Å². The highest BCUT2D eigenvalue weighted by atomic mass is 19.4. The third-order valence-corrected chi connectivity index (χ3v) is 6.17. The first-order valence-electron chi connectivity index (χ1n) is 12.1. The van der Waals surface area contributed by atoms with Crippen molar-refractivity contribution in [3.63, 3.8) is 0 Å². The molecule has 3 heterocycles. The summed E-state index contributed by atoms with van der Waals surface area (Å²) in [4.78, 5) is 32.8. The number of halogens is 3. The van der Waals surface area contributed by atoms with Crippen LogP contribution in [0.4, 0.5) is 18.0 Å². The molecule has 1 aliphatic rings. The molecule has 13 heteroatoms. The first-order chi connectivity index (χ1) is 17.6. The lowest BCUT2D eigenvalue weighted by atomic mass is 9.95. The second-order valence-corrected chi connectivity index (χ2v) is 10.6. The predicted octanol–water partition coefficient (Wildman–Crippen LogP) is 3.97. The number of pyridine rings is 1. The third kappa shape index (κ3) is 7.59. The average molecular weight is 542 g/mol. The summed E-state index contributed by atoms with van der Waals surface area (Å²) in [5.74, 6) is 0.283. The number of hydrogen-bond acceptors (Lipinski definition) is 8. The van der Waals surface area contributed by atoms with Crippen molar-refractivity contribution < 1.29 is 36.8 Å². The Morgan fingerprint density at radius 2 is 1.84 bits per heavy atom. The van der Waals surface area contributed by atoms with E-state index >= 15 is 0 Å². The van der Waals surface area contributed by atoms with Crippen molar-refractivity contribution in [1.82, 2.24) is 25.3 Å². The molecule has 0 aliphatic carbocycles. The molecule has 0 unspecified atom stereocenters. The van der Waals surface area contributed by atoms with Gasteiger partial charge in [0.15, 0.2) is 5.76 Å². The van der Waals surface area contributed by atoms with Crippen LogP contribution < -0.4 is 10.1 Å². The van der Waals surface area contributed by atoms with E-state index in [1.807, 2.05) is 24.1 Å². The Labute approximate surface area is 219 Å². The van der Waals surface area contributed by atoms with Crippen LogP contribution in [0.3, 0.4) is 0 Å². The summed E-state index contributed by atoms with van der Waals surface area (Å²) in [6, 6.07) is 2.83. The number of methoxy groups -OCH3 is 1. The minimum Gasteiger partial charge on any atom is -0.495 e. The van der Waals surface area contributed by atoms with E-state index in [2.05, 4.69) is 10.1 Å². The van der Waals surface area contributed by atoms with Gasteiger partial charge in [-0.25, -0.2) is 4.79 Å². The number of carbonyl (C=O) groups is 2. The third-order valence-electron chi connectivity index (χ3n) is 6.17. The van der Waals surface area contributed by atoms with Gasteiger partial charge in [-0.1, -0.05) is 5.16 Å². The molecule has 1 fully saturated rings. The summed E-state index contributed by atoms with van der Waals surface area (Å²) in [7, 11) is 1.54. The fourth-order valence-corrected chi connectivity index (χ4v) is 4.11. The molecule has 210 valence electrons. The second-order valence-electron chi connectivity index (χ2n) is 10.6. The fraction of sp³-hybridized carbons (Fsp3) is 0.600. The lowest BCUT2D eigenvalue weighted by Crippen LogP contribution is -2.60. The number of aromatic nitrogens is 2. The van der Waals surface area contributed by atoms with Crippen molar-refractivity contribution in [1.29, 1.82) is 0 Å². The molecule has 0 aromatic carbocycles. The van der Waals surface area contributed by atoms with Crippen molar-refractivity contribution in [2.75, 3.05) is 33.3 Å². The average Bonchev–Trinajstić information content (AvgIpc) is 3.32. The first-order valence-corrected chi connectivity index (χ1v) is 12.1. The standard InChI is InChI=1S/C25H34F3N5O5/c1-23(2,3)37-22(35)33-8-7-32(14-17(33)10-21(34)30-15-25(26,27)28)24(4,5)20-11-19(31-38-20)16-9-18(36-6)13-29-12-16/h9,11-13,17H,7-8,10,14-15H2,1-6H3,(H,30,34)/t17-/m1/s1. The Kier molecular flexibility index (Phi) is 8.59. The largest absolute Gasteiger partial charge is 0.495 e. The van der Waals surface area contributed by atoms with E-state index in [1.54, 1.807) is 45.3 Å². The van der Waals surface area contributed by atoms with E-state index in [0.717, 1.165) is 0 Å². The summed E-state index contributed by atoms with van der Waals surface area (Å²) in [6.07, 6.45) is -2.28. The smallest absolute Gasteiger partial charge is 0.410 e. The minimum absolute atomic E-state index is 0.197. The Bertz CT molecular complexity index is 1130. The van der Waals surface area contributed by atoms with Crippen LogP contribution in [-0.2, 0) is 15.1 Å². The SMILES string of the molecule is COc1cncc(-c2cc(C(C)(C)N3CCN(C(=O)OC(C)(C)C)[C@H](CC(=O)NCC(F)(F)F)C3)on2)c1. The fourth-order valence-electron chi connectivity index (χ4n) is 4.11. The predicted molar refractivity (Wildman–Crippen MR) is 131 cm³/mol. The molecule has 38 heavy (non-hydrogen) atoms. The van der Waals surface area contributed by atoms with Crippen molar-refractivity contribution >= 4 is 12.0 Å². The van der Waals surface area contributed by atoms with Crippen molar-refractivity contribution in [2.45, 2.75) is 64.4 Å². The molecular weight excluding hydrogens is 507 g/mol. The number of nitrogens with zero attached hydrogens (tertiary/aromatic N) is 4. The van der Waals surface area contributed by atoms with E-state index in [9.17, 15) is 22.8 Å². The number of piperazine rings is 1. The molecule has 1 saturated heterocycles. The van der Waals surface area contributed by atoms with Gasteiger partial charge in [-0.15, -0.1) is 0 Å². The zero-order chi connectivity index (χ0) is 28.3. The zero-order valence-corrected chi connectivity index (χ0v) is 22.4. The first kappa shape index (κ1) is 29.2. The van der Waals surface area contributed by atoms with Crippen LogP contribution in [0.15, 0.2) is 29.0 Å². The van der Waals surface area contributed by atoms with Crippen LogP contribution in [0.1, 0.15) is 46.8 Å². The number of rotatable bonds is 7. The number of ether oxygens (including phenoxy) is 2. The maximum atomic E-state index is 12.9. The summed E-state index contributed by atoms with van der Waals surface area (Å²) >= 11 is 0. The van der Waals surface area contributed by atoms with Gasteiger partial charge in [0.25, 0.3) is 0 Å². The van der Waals surface area contributed by atoms with Crippen LogP contribution in [0, 0.1) is 0 Å². The lowest BCUT2D eigenvalue weighted by Gasteiger charge is -2.46. The normalized spacial score (nSPS) is 17.3. The van der Waals surface area contributed by atoms with Crippen LogP contribution in [-0.4, -0.2) is 83.0 Å². The number of carbonyl (C=O) groups excluding carboxylic acids is 2. The molecule has 0 radical (unpaired) electrons. The van der Waals surface area contributed by atoms with Gasteiger partial charge >= 0.3 is 12.3 Å². The van der Waals surface area contributed by atoms with Gasteiger partial charge in [0.2, 0.25) is 5.91 Å². The van der Waals surface area contributed by atoms with E-state index in [-0.39, 0.29) is 19.5 Å². The van der Waals surface area contributed by atoms with Crippen LogP contribution in [0.25, 0.3) is 11.3 Å². The van der Waals surface area contributed by atoms with Crippen LogP contribution in [0.5, 0.6) is 5.75 Å². The van der Waals surface area contributed by atoms with Gasteiger partial charge in [-0.2, -0.15) is 13.2 Å². The molecule has 2 amide bonds. The molecule has 0 saturated carbocycles. The highest BCUT2D eigenvalue weighted by Gasteiger charge is 2.41. The second kappa shape index (κ2) is 11.2. The van der Waals surface area contributed by atoms with E-state index in [1.165, 1.54) is 12.0 Å². The monoisotopic (exact) mass is 541 g/mol.